The van der Waals surface area contributed by atoms with E-state index in [9.17, 15) is 4.79 Å². The number of H-pyrrole nitrogens is 1. The average molecular weight is 252 g/mol. The Morgan fingerprint density at radius 1 is 1.39 bits per heavy atom. The first kappa shape index (κ1) is 13.0. The quantitative estimate of drug-likeness (QED) is 0.809. The summed E-state index contributed by atoms with van der Waals surface area (Å²) >= 11 is 0. The van der Waals surface area contributed by atoms with E-state index in [2.05, 4.69) is 20.3 Å². The molecule has 18 heavy (non-hydrogen) atoms. The van der Waals surface area contributed by atoms with Crippen LogP contribution in [-0.4, -0.2) is 45.0 Å². The van der Waals surface area contributed by atoms with Crippen LogP contribution in [0.25, 0.3) is 0 Å². The third-order valence-corrected chi connectivity index (χ3v) is 2.79. The van der Waals surface area contributed by atoms with Crippen molar-refractivity contribution in [1.82, 2.24) is 20.3 Å². The number of fused-ring (bicyclic) bond motifs is 1. The molecule has 100 valence electrons. The zero-order chi connectivity index (χ0) is 13.2. The van der Waals surface area contributed by atoms with Gasteiger partial charge in [-0.3, -0.25) is 9.69 Å². The molecule has 1 N–H and O–H groups in total. The van der Waals surface area contributed by atoms with Crippen molar-refractivity contribution in [2.24, 2.45) is 0 Å². The van der Waals surface area contributed by atoms with Crippen molar-refractivity contribution in [1.29, 1.82) is 0 Å². The number of aromatic amines is 1. The normalized spacial score (nSPS) is 16.4. The maximum Gasteiger partial charge on any atom is 0.307 e. The molecular formula is C12H20N4O2. The summed E-state index contributed by atoms with van der Waals surface area (Å²) in [6, 6.07) is 0. The van der Waals surface area contributed by atoms with Gasteiger partial charge in [-0.05, 0) is 20.8 Å². The topological polar surface area (TPSA) is 71.1 Å². The third kappa shape index (κ3) is 3.53. The molecule has 0 unspecified atom stereocenters. The van der Waals surface area contributed by atoms with Gasteiger partial charge in [0.15, 0.2) is 0 Å². The lowest BCUT2D eigenvalue weighted by Gasteiger charge is -2.25. The summed E-state index contributed by atoms with van der Waals surface area (Å²) in [7, 11) is 0. The first-order valence-electron chi connectivity index (χ1n) is 6.27. The molecule has 2 heterocycles. The Morgan fingerprint density at radius 2 is 2.11 bits per heavy atom. The Hall–Kier alpha value is -1.43. The maximum absolute atomic E-state index is 11.6. The summed E-state index contributed by atoms with van der Waals surface area (Å²) in [5.74, 6) is -0.145. The van der Waals surface area contributed by atoms with Crippen LogP contribution in [0.4, 0.5) is 0 Å². The SMILES string of the molecule is CC(C)(C)OC(=O)CCN1CCc2n[nH]nc2C1. The minimum Gasteiger partial charge on any atom is -0.460 e. The van der Waals surface area contributed by atoms with Crippen LogP contribution in [0.5, 0.6) is 0 Å². The Kier molecular flexibility index (Phi) is 3.65. The smallest absolute Gasteiger partial charge is 0.307 e. The molecule has 1 aliphatic rings. The fourth-order valence-corrected chi connectivity index (χ4v) is 1.99. The molecule has 0 atom stereocenters. The molecule has 0 radical (unpaired) electrons. The molecule has 2 rings (SSSR count). The van der Waals surface area contributed by atoms with Crippen molar-refractivity contribution < 1.29 is 9.53 Å². The zero-order valence-corrected chi connectivity index (χ0v) is 11.2. The third-order valence-electron chi connectivity index (χ3n) is 2.79. The standard InChI is InChI=1S/C12H20N4O2/c1-12(2,3)18-11(17)5-7-16-6-4-9-10(8-16)14-15-13-9/h4-8H2,1-3H3,(H,13,14,15). The van der Waals surface area contributed by atoms with Crippen LogP contribution in [0.3, 0.4) is 0 Å². The van der Waals surface area contributed by atoms with Crippen LogP contribution in [0.1, 0.15) is 38.6 Å². The van der Waals surface area contributed by atoms with Crippen LogP contribution in [0.2, 0.25) is 0 Å². The van der Waals surface area contributed by atoms with E-state index in [4.69, 9.17) is 4.74 Å². The summed E-state index contributed by atoms with van der Waals surface area (Å²) in [6.07, 6.45) is 1.31. The lowest BCUT2D eigenvalue weighted by molar-refractivity contribution is -0.155. The highest BCUT2D eigenvalue weighted by Crippen LogP contribution is 2.14. The highest BCUT2D eigenvalue weighted by atomic mass is 16.6. The van der Waals surface area contributed by atoms with E-state index in [0.29, 0.717) is 13.0 Å². The van der Waals surface area contributed by atoms with Gasteiger partial charge in [0, 0.05) is 26.1 Å². The van der Waals surface area contributed by atoms with Gasteiger partial charge in [-0.2, -0.15) is 15.4 Å². The number of carbonyl (C=O) groups excluding carboxylic acids is 1. The van der Waals surface area contributed by atoms with Gasteiger partial charge in [-0.25, -0.2) is 0 Å². The monoisotopic (exact) mass is 252 g/mol. The van der Waals surface area contributed by atoms with Gasteiger partial charge in [0.25, 0.3) is 0 Å². The summed E-state index contributed by atoms with van der Waals surface area (Å²) < 4.78 is 5.28. The molecule has 1 aromatic rings. The summed E-state index contributed by atoms with van der Waals surface area (Å²) in [4.78, 5) is 13.8. The number of nitrogens with one attached hydrogen (secondary N) is 1. The number of hydrogen-bond donors (Lipinski definition) is 1. The highest BCUT2D eigenvalue weighted by Gasteiger charge is 2.21. The van der Waals surface area contributed by atoms with E-state index in [0.717, 1.165) is 30.9 Å². The Bertz CT molecular complexity index is 422. The van der Waals surface area contributed by atoms with Gasteiger partial charge in [-0.15, -0.1) is 0 Å². The molecule has 6 nitrogen and oxygen atoms in total. The van der Waals surface area contributed by atoms with E-state index in [1.54, 1.807) is 0 Å². The van der Waals surface area contributed by atoms with E-state index < -0.39 is 5.60 Å². The van der Waals surface area contributed by atoms with E-state index in [1.807, 2.05) is 20.8 Å². The van der Waals surface area contributed by atoms with E-state index in [-0.39, 0.29) is 5.97 Å². The lowest BCUT2D eigenvalue weighted by Crippen LogP contribution is -2.33. The number of ether oxygens (including phenoxy) is 1. The fourth-order valence-electron chi connectivity index (χ4n) is 1.99. The van der Waals surface area contributed by atoms with Gasteiger partial charge < -0.3 is 4.74 Å². The molecule has 0 spiro atoms. The molecule has 0 bridgehead atoms. The molecule has 0 fully saturated rings. The summed E-state index contributed by atoms with van der Waals surface area (Å²) in [5, 5.41) is 10.8. The fraction of sp³-hybridized carbons (Fsp3) is 0.750. The van der Waals surface area contributed by atoms with Gasteiger partial charge in [0.1, 0.15) is 5.60 Å². The van der Waals surface area contributed by atoms with Gasteiger partial charge >= 0.3 is 5.97 Å². The number of aromatic nitrogens is 3. The van der Waals surface area contributed by atoms with Crippen molar-refractivity contribution in [3.05, 3.63) is 11.4 Å². The molecule has 1 aromatic heterocycles. The van der Waals surface area contributed by atoms with Crippen LogP contribution in [0, 0.1) is 0 Å². The number of carbonyl (C=O) groups is 1. The van der Waals surface area contributed by atoms with Crippen LogP contribution < -0.4 is 0 Å². The molecular weight excluding hydrogens is 232 g/mol. The maximum atomic E-state index is 11.6. The van der Waals surface area contributed by atoms with Crippen molar-refractivity contribution in [3.63, 3.8) is 0 Å². The Morgan fingerprint density at radius 3 is 2.83 bits per heavy atom. The first-order chi connectivity index (χ1) is 8.44. The number of hydrogen-bond acceptors (Lipinski definition) is 5. The highest BCUT2D eigenvalue weighted by molar-refractivity contribution is 5.70. The van der Waals surface area contributed by atoms with Gasteiger partial charge in [-0.1, -0.05) is 0 Å². The second-order valence-corrected chi connectivity index (χ2v) is 5.58. The molecule has 0 aromatic carbocycles. The second kappa shape index (κ2) is 5.06. The lowest BCUT2D eigenvalue weighted by atomic mass is 10.1. The second-order valence-electron chi connectivity index (χ2n) is 5.58. The summed E-state index contributed by atoms with van der Waals surface area (Å²) in [6.45, 7) is 8.03. The number of esters is 1. The van der Waals surface area contributed by atoms with Crippen LogP contribution in [0.15, 0.2) is 0 Å². The number of rotatable bonds is 3. The predicted molar refractivity (Wildman–Crippen MR) is 65.8 cm³/mol. The van der Waals surface area contributed by atoms with E-state index >= 15 is 0 Å². The molecule has 0 aliphatic carbocycles. The molecule has 1 aliphatic heterocycles. The van der Waals surface area contributed by atoms with Crippen molar-refractivity contribution >= 4 is 5.97 Å². The van der Waals surface area contributed by atoms with Gasteiger partial charge in [0.2, 0.25) is 0 Å². The summed E-state index contributed by atoms with van der Waals surface area (Å²) in [5.41, 5.74) is 1.63. The molecule has 0 amide bonds. The molecule has 6 heteroatoms. The largest absolute Gasteiger partial charge is 0.460 e. The Labute approximate surface area is 107 Å². The minimum absolute atomic E-state index is 0.145. The van der Waals surface area contributed by atoms with E-state index in [1.165, 1.54) is 0 Å². The molecule has 0 saturated heterocycles. The first-order valence-corrected chi connectivity index (χ1v) is 6.27. The zero-order valence-electron chi connectivity index (χ0n) is 11.2. The molecule has 0 saturated carbocycles. The van der Waals surface area contributed by atoms with Gasteiger partial charge in [0.05, 0.1) is 17.8 Å². The van der Waals surface area contributed by atoms with Crippen LogP contribution in [-0.2, 0) is 22.5 Å². The predicted octanol–water partition coefficient (Wildman–Crippen LogP) is 0.895. The number of nitrogens with zero attached hydrogens (tertiary/aromatic N) is 3. The van der Waals surface area contributed by atoms with Crippen LogP contribution >= 0.6 is 0 Å². The average Bonchev–Trinajstić information content (AvgIpc) is 2.71. The Balaban J connectivity index is 1.77. The van der Waals surface area contributed by atoms with Crippen molar-refractivity contribution in [2.75, 3.05) is 13.1 Å². The minimum atomic E-state index is -0.404. The van der Waals surface area contributed by atoms with Crippen molar-refractivity contribution in [2.45, 2.75) is 45.8 Å². The van der Waals surface area contributed by atoms with Crippen molar-refractivity contribution in [3.8, 4) is 0 Å².